The molecule has 4 rings (SSSR count). The lowest BCUT2D eigenvalue weighted by Crippen LogP contribution is -2.50. The van der Waals surface area contributed by atoms with Crippen LogP contribution in [0.2, 0.25) is 0 Å². The molecule has 1 fully saturated rings. The van der Waals surface area contributed by atoms with Crippen LogP contribution in [-0.4, -0.2) is 61.2 Å². The monoisotopic (exact) mass is 424 g/mol. The summed E-state index contributed by atoms with van der Waals surface area (Å²) in [5.74, 6) is 2.23. The van der Waals surface area contributed by atoms with Crippen LogP contribution < -0.4 is 14.2 Å². The Hall–Kier alpha value is -3.22. The number of para-hydroxylation sites is 1. The maximum atomic E-state index is 12.8. The van der Waals surface area contributed by atoms with E-state index >= 15 is 0 Å². The third-order valence-corrected chi connectivity index (χ3v) is 5.73. The van der Waals surface area contributed by atoms with Crippen LogP contribution in [0, 0.1) is 13.8 Å². The van der Waals surface area contributed by atoms with Gasteiger partial charge in [-0.3, -0.25) is 9.59 Å². The number of hydrogen-bond acceptors (Lipinski definition) is 5. The van der Waals surface area contributed by atoms with E-state index in [-0.39, 0.29) is 18.6 Å². The molecule has 0 saturated carbocycles. The molecule has 0 spiro atoms. The molecule has 0 atom stereocenters. The molecule has 0 aliphatic carbocycles. The summed E-state index contributed by atoms with van der Waals surface area (Å²) in [6.45, 7) is 6.90. The molecule has 2 amide bonds. The molecule has 164 valence electrons. The number of nitrogens with zero attached hydrogens (tertiary/aromatic N) is 2. The van der Waals surface area contributed by atoms with Gasteiger partial charge in [0, 0.05) is 38.2 Å². The first-order valence-electron chi connectivity index (χ1n) is 10.7. The lowest BCUT2D eigenvalue weighted by Gasteiger charge is -2.35. The number of ether oxygens (including phenoxy) is 3. The second kappa shape index (κ2) is 9.29. The Labute approximate surface area is 182 Å². The number of benzene rings is 2. The molecular weight excluding hydrogens is 396 g/mol. The minimum absolute atomic E-state index is 0.0487. The molecule has 0 unspecified atom stereocenters. The van der Waals surface area contributed by atoms with Crippen molar-refractivity contribution in [2.45, 2.75) is 26.7 Å². The molecule has 2 aromatic rings. The van der Waals surface area contributed by atoms with Crippen LogP contribution in [0.25, 0.3) is 0 Å². The zero-order chi connectivity index (χ0) is 21.8. The van der Waals surface area contributed by atoms with E-state index in [9.17, 15) is 9.59 Å². The first kappa shape index (κ1) is 21.0. The van der Waals surface area contributed by atoms with Crippen LogP contribution in [0.15, 0.2) is 36.4 Å². The smallest absolute Gasteiger partial charge is 0.254 e. The van der Waals surface area contributed by atoms with Gasteiger partial charge < -0.3 is 24.0 Å². The van der Waals surface area contributed by atoms with Gasteiger partial charge in [0.2, 0.25) is 12.7 Å². The van der Waals surface area contributed by atoms with E-state index in [1.165, 1.54) is 0 Å². The number of carbonyl (C=O) groups excluding carboxylic acids is 2. The van der Waals surface area contributed by atoms with E-state index in [0.29, 0.717) is 62.7 Å². The largest absolute Gasteiger partial charge is 0.493 e. The highest BCUT2D eigenvalue weighted by Gasteiger charge is 2.26. The van der Waals surface area contributed by atoms with Gasteiger partial charge in [-0.25, -0.2) is 0 Å². The summed E-state index contributed by atoms with van der Waals surface area (Å²) in [5, 5.41) is 0. The Morgan fingerprint density at radius 2 is 1.61 bits per heavy atom. The summed E-state index contributed by atoms with van der Waals surface area (Å²) < 4.78 is 16.5. The fourth-order valence-electron chi connectivity index (χ4n) is 3.95. The topological polar surface area (TPSA) is 68.3 Å². The molecule has 0 bridgehead atoms. The van der Waals surface area contributed by atoms with Gasteiger partial charge >= 0.3 is 0 Å². The number of fused-ring (bicyclic) bond motifs is 1. The highest BCUT2D eigenvalue weighted by molar-refractivity contribution is 5.95. The normalized spacial score (nSPS) is 15.2. The number of rotatable bonds is 6. The fourth-order valence-corrected chi connectivity index (χ4v) is 3.95. The van der Waals surface area contributed by atoms with Crippen molar-refractivity contribution in [2.24, 2.45) is 0 Å². The third-order valence-electron chi connectivity index (χ3n) is 5.73. The predicted octanol–water partition coefficient (Wildman–Crippen LogP) is 3.18. The summed E-state index contributed by atoms with van der Waals surface area (Å²) in [4.78, 5) is 29.0. The van der Waals surface area contributed by atoms with Crippen LogP contribution in [0.5, 0.6) is 17.2 Å². The molecule has 0 N–H and O–H groups in total. The second-order valence-electron chi connectivity index (χ2n) is 7.91. The SMILES string of the molecule is Cc1cccc(C)c1OCCCC(=O)N1CCN(C(=O)c2ccc3c(c2)OCO3)CC1. The summed E-state index contributed by atoms with van der Waals surface area (Å²) in [7, 11) is 0. The molecule has 1 saturated heterocycles. The van der Waals surface area contributed by atoms with Crippen molar-refractivity contribution < 1.29 is 23.8 Å². The van der Waals surface area contributed by atoms with E-state index in [2.05, 4.69) is 0 Å². The molecule has 2 aliphatic rings. The summed E-state index contributed by atoms with van der Waals surface area (Å²) in [5.41, 5.74) is 2.79. The van der Waals surface area contributed by atoms with Crippen LogP contribution in [0.3, 0.4) is 0 Å². The molecule has 2 aromatic carbocycles. The number of hydrogen-bond donors (Lipinski definition) is 0. The van der Waals surface area contributed by atoms with Gasteiger partial charge in [0.05, 0.1) is 6.61 Å². The van der Waals surface area contributed by atoms with Gasteiger partial charge in [-0.1, -0.05) is 18.2 Å². The van der Waals surface area contributed by atoms with E-state index in [1.54, 1.807) is 23.1 Å². The summed E-state index contributed by atoms with van der Waals surface area (Å²) in [6.07, 6.45) is 1.12. The van der Waals surface area contributed by atoms with Crippen LogP contribution in [-0.2, 0) is 4.79 Å². The maximum absolute atomic E-state index is 12.8. The van der Waals surface area contributed by atoms with Crippen molar-refractivity contribution in [3.8, 4) is 17.2 Å². The highest BCUT2D eigenvalue weighted by atomic mass is 16.7. The standard InChI is InChI=1S/C24H28N2O5/c1-17-5-3-6-18(2)23(17)29-14-4-7-22(27)25-10-12-26(13-11-25)24(28)19-8-9-20-21(15-19)31-16-30-20/h3,5-6,8-9,15H,4,7,10-14,16H2,1-2H3. The molecule has 2 heterocycles. The molecule has 0 radical (unpaired) electrons. The predicted molar refractivity (Wildman–Crippen MR) is 116 cm³/mol. The summed E-state index contributed by atoms with van der Waals surface area (Å²) >= 11 is 0. The Kier molecular flexibility index (Phi) is 6.30. The fraction of sp³-hybridized carbons (Fsp3) is 0.417. The van der Waals surface area contributed by atoms with Gasteiger partial charge in [-0.15, -0.1) is 0 Å². The second-order valence-corrected chi connectivity index (χ2v) is 7.91. The molecule has 0 aromatic heterocycles. The van der Waals surface area contributed by atoms with Crippen molar-refractivity contribution in [3.05, 3.63) is 53.1 Å². The Bertz CT molecular complexity index is 946. The zero-order valence-corrected chi connectivity index (χ0v) is 18.1. The molecule has 7 heteroatoms. The van der Waals surface area contributed by atoms with E-state index in [1.807, 2.05) is 36.9 Å². The van der Waals surface area contributed by atoms with Crippen molar-refractivity contribution in [2.75, 3.05) is 39.6 Å². The van der Waals surface area contributed by atoms with Gasteiger partial charge in [-0.2, -0.15) is 0 Å². The number of amides is 2. The minimum atomic E-state index is -0.0487. The van der Waals surface area contributed by atoms with Crippen LogP contribution in [0.4, 0.5) is 0 Å². The lowest BCUT2D eigenvalue weighted by molar-refractivity contribution is -0.132. The molecule has 2 aliphatic heterocycles. The van der Waals surface area contributed by atoms with Gasteiger partial charge in [0.1, 0.15) is 5.75 Å². The highest BCUT2D eigenvalue weighted by Crippen LogP contribution is 2.33. The maximum Gasteiger partial charge on any atom is 0.254 e. The van der Waals surface area contributed by atoms with Gasteiger partial charge in [-0.05, 0) is 49.6 Å². The Balaban J connectivity index is 1.21. The third kappa shape index (κ3) is 4.76. The molecular formula is C24H28N2O5. The van der Waals surface area contributed by atoms with Crippen LogP contribution in [0.1, 0.15) is 34.3 Å². The van der Waals surface area contributed by atoms with Gasteiger partial charge in [0.25, 0.3) is 5.91 Å². The van der Waals surface area contributed by atoms with Crippen molar-refractivity contribution in [1.82, 2.24) is 9.80 Å². The van der Waals surface area contributed by atoms with Gasteiger partial charge in [0.15, 0.2) is 11.5 Å². The summed E-state index contributed by atoms with van der Waals surface area (Å²) in [6, 6.07) is 11.3. The Morgan fingerprint density at radius 3 is 2.35 bits per heavy atom. The number of carbonyl (C=O) groups is 2. The average Bonchev–Trinajstić information content (AvgIpc) is 3.25. The van der Waals surface area contributed by atoms with E-state index in [0.717, 1.165) is 16.9 Å². The minimum Gasteiger partial charge on any atom is -0.493 e. The average molecular weight is 424 g/mol. The van der Waals surface area contributed by atoms with Crippen molar-refractivity contribution in [1.29, 1.82) is 0 Å². The van der Waals surface area contributed by atoms with Crippen molar-refractivity contribution in [3.63, 3.8) is 0 Å². The van der Waals surface area contributed by atoms with Crippen LogP contribution >= 0.6 is 0 Å². The number of piperazine rings is 1. The quantitative estimate of drug-likeness (QED) is 0.667. The van der Waals surface area contributed by atoms with E-state index in [4.69, 9.17) is 14.2 Å². The molecule has 31 heavy (non-hydrogen) atoms. The van der Waals surface area contributed by atoms with Crippen molar-refractivity contribution >= 4 is 11.8 Å². The Morgan fingerprint density at radius 1 is 0.935 bits per heavy atom. The zero-order valence-electron chi connectivity index (χ0n) is 18.1. The lowest BCUT2D eigenvalue weighted by atomic mass is 10.1. The van der Waals surface area contributed by atoms with E-state index < -0.39 is 0 Å². The molecule has 7 nitrogen and oxygen atoms in total. The first-order valence-corrected chi connectivity index (χ1v) is 10.7. The first-order chi connectivity index (χ1) is 15.0. The number of aryl methyl sites for hydroxylation is 2.